The van der Waals surface area contributed by atoms with Crippen molar-refractivity contribution in [1.82, 2.24) is 9.88 Å². The third-order valence-electron chi connectivity index (χ3n) is 2.25. The first-order valence-corrected chi connectivity index (χ1v) is 6.30. The zero-order chi connectivity index (χ0) is 11.1. The molecule has 0 spiro atoms. The molecule has 0 amide bonds. The van der Waals surface area contributed by atoms with Gasteiger partial charge in [-0.1, -0.05) is 13.8 Å². The minimum absolute atomic E-state index is 0.704. The molecule has 0 aliphatic carbocycles. The van der Waals surface area contributed by atoms with Gasteiger partial charge in [-0.15, -0.1) is 0 Å². The van der Waals surface area contributed by atoms with Crippen LogP contribution in [-0.4, -0.2) is 36.1 Å². The highest BCUT2D eigenvalue weighted by Crippen LogP contribution is 2.08. The number of rotatable bonds is 6. The van der Waals surface area contributed by atoms with Crippen molar-refractivity contribution in [2.75, 3.05) is 26.2 Å². The molecule has 1 aromatic heterocycles. The van der Waals surface area contributed by atoms with Crippen LogP contribution in [-0.2, 0) is 0 Å². The van der Waals surface area contributed by atoms with Gasteiger partial charge in [0.2, 0.25) is 5.88 Å². The largest absolute Gasteiger partial charge is 0.476 e. The Balaban J connectivity index is 2.28. The molecule has 0 fully saturated rings. The number of aromatic nitrogens is 1. The summed E-state index contributed by atoms with van der Waals surface area (Å²) in [6.45, 7) is 8.12. The molecular formula is C11H17IN2O. The molecule has 3 nitrogen and oxygen atoms in total. The van der Waals surface area contributed by atoms with E-state index < -0.39 is 0 Å². The fourth-order valence-corrected chi connectivity index (χ4v) is 1.59. The average molecular weight is 320 g/mol. The Morgan fingerprint density at radius 1 is 1.33 bits per heavy atom. The molecule has 4 heteroatoms. The molecule has 0 radical (unpaired) electrons. The molecule has 1 rings (SSSR count). The van der Waals surface area contributed by atoms with E-state index in [2.05, 4.69) is 46.3 Å². The maximum absolute atomic E-state index is 5.54. The van der Waals surface area contributed by atoms with Gasteiger partial charge in [-0.2, -0.15) is 0 Å². The first-order chi connectivity index (χ1) is 7.26. The zero-order valence-corrected chi connectivity index (χ0v) is 11.4. The van der Waals surface area contributed by atoms with Gasteiger partial charge in [0.15, 0.2) is 0 Å². The average Bonchev–Trinajstić information content (AvgIpc) is 2.27. The quantitative estimate of drug-likeness (QED) is 0.753. The fourth-order valence-electron chi connectivity index (χ4n) is 1.27. The van der Waals surface area contributed by atoms with Crippen molar-refractivity contribution < 1.29 is 4.74 Å². The molecule has 0 aliphatic heterocycles. The van der Waals surface area contributed by atoms with Gasteiger partial charge in [0, 0.05) is 22.4 Å². The van der Waals surface area contributed by atoms with Gasteiger partial charge in [-0.3, -0.25) is 0 Å². The molecule has 15 heavy (non-hydrogen) atoms. The number of pyridine rings is 1. The van der Waals surface area contributed by atoms with Crippen molar-refractivity contribution in [1.29, 1.82) is 0 Å². The van der Waals surface area contributed by atoms with Crippen LogP contribution in [0.2, 0.25) is 0 Å². The van der Waals surface area contributed by atoms with E-state index in [1.807, 2.05) is 18.3 Å². The molecule has 0 atom stereocenters. The minimum atomic E-state index is 0.704. The van der Waals surface area contributed by atoms with Crippen LogP contribution in [0.25, 0.3) is 0 Å². The number of hydrogen-bond acceptors (Lipinski definition) is 3. The lowest BCUT2D eigenvalue weighted by Gasteiger charge is -2.17. The Morgan fingerprint density at radius 3 is 2.60 bits per heavy atom. The van der Waals surface area contributed by atoms with Crippen molar-refractivity contribution in [3.05, 3.63) is 21.9 Å². The molecule has 0 bridgehead atoms. The summed E-state index contributed by atoms with van der Waals surface area (Å²) in [5.74, 6) is 0.711. The maximum Gasteiger partial charge on any atom is 0.213 e. The van der Waals surface area contributed by atoms with Crippen molar-refractivity contribution in [3.63, 3.8) is 0 Å². The molecule has 84 valence electrons. The summed E-state index contributed by atoms with van der Waals surface area (Å²) in [6.07, 6.45) is 1.81. The topological polar surface area (TPSA) is 25.4 Å². The first-order valence-electron chi connectivity index (χ1n) is 5.23. The SMILES string of the molecule is CCN(CC)CCOc1ccc(I)cn1. The molecular weight excluding hydrogens is 303 g/mol. The highest BCUT2D eigenvalue weighted by molar-refractivity contribution is 14.1. The van der Waals surface area contributed by atoms with Gasteiger partial charge in [0.25, 0.3) is 0 Å². The summed E-state index contributed by atoms with van der Waals surface area (Å²) < 4.78 is 6.67. The summed E-state index contributed by atoms with van der Waals surface area (Å²) in [7, 11) is 0. The van der Waals surface area contributed by atoms with Gasteiger partial charge in [0.1, 0.15) is 6.61 Å². The molecule has 0 saturated heterocycles. The van der Waals surface area contributed by atoms with Gasteiger partial charge in [-0.05, 0) is 41.7 Å². The van der Waals surface area contributed by atoms with E-state index in [1.54, 1.807) is 0 Å². The van der Waals surface area contributed by atoms with Gasteiger partial charge in [0.05, 0.1) is 0 Å². The molecule has 0 N–H and O–H groups in total. The Bertz CT molecular complexity index is 272. The normalized spacial score (nSPS) is 10.7. The van der Waals surface area contributed by atoms with E-state index in [4.69, 9.17) is 4.74 Å². The lowest BCUT2D eigenvalue weighted by Crippen LogP contribution is -2.28. The smallest absolute Gasteiger partial charge is 0.213 e. The highest BCUT2D eigenvalue weighted by atomic mass is 127. The Labute approximate surface area is 105 Å². The van der Waals surface area contributed by atoms with Crippen LogP contribution in [0.3, 0.4) is 0 Å². The summed E-state index contributed by atoms with van der Waals surface area (Å²) in [5.41, 5.74) is 0. The highest BCUT2D eigenvalue weighted by Gasteiger charge is 1.99. The summed E-state index contributed by atoms with van der Waals surface area (Å²) in [6, 6.07) is 3.91. The lowest BCUT2D eigenvalue weighted by atomic mass is 10.5. The van der Waals surface area contributed by atoms with Crippen molar-refractivity contribution in [2.45, 2.75) is 13.8 Å². The molecule has 0 unspecified atom stereocenters. The predicted octanol–water partition coefficient (Wildman–Crippen LogP) is 2.41. The third-order valence-corrected chi connectivity index (χ3v) is 2.89. The van der Waals surface area contributed by atoms with Crippen LogP contribution < -0.4 is 4.74 Å². The second kappa shape index (κ2) is 7.00. The van der Waals surface area contributed by atoms with E-state index in [0.29, 0.717) is 12.5 Å². The van der Waals surface area contributed by atoms with E-state index in [-0.39, 0.29) is 0 Å². The number of nitrogens with zero attached hydrogens (tertiary/aromatic N) is 2. The van der Waals surface area contributed by atoms with Crippen LogP contribution in [0, 0.1) is 3.57 Å². The molecule has 0 aromatic carbocycles. The second-order valence-electron chi connectivity index (χ2n) is 3.19. The monoisotopic (exact) mass is 320 g/mol. The van der Waals surface area contributed by atoms with Crippen molar-refractivity contribution in [2.24, 2.45) is 0 Å². The summed E-state index contributed by atoms with van der Waals surface area (Å²) in [5, 5.41) is 0. The fraction of sp³-hybridized carbons (Fsp3) is 0.545. The van der Waals surface area contributed by atoms with E-state index >= 15 is 0 Å². The van der Waals surface area contributed by atoms with Gasteiger partial charge in [-0.25, -0.2) is 4.98 Å². The van der Waals surface area contributed by atoms with E-state index in [0.717, 1.165) is 23.2 Å². The van der Waals surface area contributed by atoms with Crippen LogP contribution in [0.4, 0.5) is 0 Å². The number of halogens is 1. The minimum Gasteiger partial charge on any atom is -0.476 e. The molecule has 0 saturated carbocycles. The van der Waals surface area contributed by atoms with Crippen LogP contribution >= 0.6 is 22.6 Å². The van der Waals surface area contributed by atoms with Crippen LogP contribution in [0.5, 0.6) is 5.88 Å². The van der Waals surface area contributed by atoms with Crippen molar-refractivity contribution in [3.8, 4) is 5.88 Å². The number of ether oxygens (including phenoxy) is 1. The first kappa shape index (κ1) is 12.7. The van der Waals surface area contributed by atoms with Crippen LogP contribution in [0.15, 0.2) is 18.3 Å². The predicted molar refractivity (Wildman–Crippen MR) is 70.2 cm³/mol. The standard InChI is InChI=1S/C11H17IN2O/c1-3-14(4-2)7-8-15-11-6-5-10(12)9-13-11/h5-6,9H,3-4,7-8H2,1-2H3. The Morgan fingerprint density at radius 2 is 2.07 bits per heavy atom. The summed E-state index contributed by atoms with van der Waals surface area (Å²) in [4.78, 5) is 6.50. The van der Waals surface area contributed by atoms with E-state index in [9.17, 15) is 0 Å². The number of likely N-dealkylation sites (N-methyl/N-ethyl adjacent to an activating group) is 1. The number of hydrogen-bond donors (Lipinski definition) is 0. The van der Waals surface area contributed by atoms with Crippen LogP contribution in [0.1, 0.15) is 13.8 Å². The zero-order valence-electron chi connectivity index (χ0n) is 9.24. The second-order valence-corrected chi connectivity index (χ2v) is 4.44. The molecule has 1 heterocycles. The van der Waals surface area contributed by atoms with Gasteiger partial charge >= 0.3 is 0 Å². The molecule has 0 aliphatic rings. The summed E-state index contributed by atoms with van der Waals surface area (Å²) >= 11 is 2.23. The van der Waals surface area contributed by atoms with Crippen molar-refractivity contribution >= 4 is 22.6 Å². The maximum atomic E-state index is 5.54. The molecule has 1 aromatic rings. The Hall–Kier alpha value is -0.360. The van der Waals surface area contributed by atoms with Gasteiger partial charge < -0.3 is 9.64 Å². The lowest BCUT2D eigenvalue weighted by molar-refractivity contribution is 0.218. The Kier molecular flexibility index (Phi) is 5.93. The third kappa shape index (κ3) is 4.79. The van der Waals surface area contributed by atoms with E-state index in [1.165, 1.54) is 0 Å².